The van der Waals surface area contributed by atoms with Gasteiger partial charge < -0.3 is 14.6 Å². The Bertz CT molecular complexity index is 1290. The first-order chi connectivity index (χ1) is 17.5. The summed E-state index contributed by atoms with van der Waals surface area (Å²) in [7, 11) is 0. The average Bonchev–Trinajstić information content (AvgIpc) is 3.32. The molecule has 3 aromatic rings. The zero-order valence-corrected chi connectivity index (χ0v) is 21.6. The van der Waals surface area contributed by atoms with Crippen LogP contribution in [0.25, 0.3) is 10.9 Å². The van der Waals surface area contributed by atoms with E-state index in [0.717, 1.165) is 68.7 Å². The van der Waals surface area contributed by atoms with Crippen molar-refractivity contribution < 1.29 is 9.53 Å². The smallest absolute Gasteiger partial charge is 0.152 e. The van der Waals surface area contributed by atoms with Crippen molar-refractivity contribution in [3.63, 3.8) is 0 Å². The first-order valence-electron chi connectivity index (χ1n) is 13.2. The van der Waals surface area contributed by atoms with E-state index in [1.165, 1.54) is 29.7 Å². The molecule has 2 aliphatic heterocycles. The van der Waals surface area contributed by atoms with E-state index >= 15 is 0 Å². The van der Waals surface area contributed by atoms with E-state index < -0.39 is 5.41 Å². The molecule has 2 aliphatic rings. The molecule has 3 heterocycles. The number of carbonyl (C=O) groups is 1. The lowest BCUT2D eigenvalue weighted by molar-refractivity contribution is 0.0115. The largest absolute Gasteiger partial charge is 0.379 e. The van der Waals surface area contributed by atoms with Crippen LogP contribution in [0.1, 0.15) is 66.4 Å². The predicted molar refractivity (Wildman–Crippen MR) is 144 cm³/mol. The van der Waals surface area contributed by atoms with E-state index in [-0.39, 0.29) is 0 Å². The molecule has 188 valence electrons. The topological polar surface area (TPSA) is 72.4 Å². The fraction of sp³-hybridized carbons (Fsp3) is 0.467. The predicted octanol–water partition coefficient (Wildman–Crippen LogP) is 5.04. The molecule has 1 N–H and O–H groups in total. The van der Waals surface area contributed by atoms with Gasteiger partial charge in [-0.05, 0) is 48.6 Å². The van der Waals surface area contributed by atoms with Crippen LogP contribution < -0.4 is 4.90 Å². The number of hydrogen-bond acceptors (Lipinski definition) is 5. The van der Waals surface area contributed by atoms with E-state index in [9.17, 15) is 10.1 Å². The summed E-state index contributed by atoms with van der Waals surface area (Å²) in [5, 5.41) is 10.2. The van der Waals surface area contributed by atoms with E-state index in [1.54, 1.807) is 6.07 Å². The lowest BCUT2D eigenvalue weighted by Crippen LogP contribution is -2.49. The first kappa shape index (κ1) is 24.5. The summed E-state index contributed by atoms with van der Waals surface area (Å²) in [6, 6.07) is 15.1. The highest BCUT2D eigenvalue weighted by Crippen LogP contribution is 2.39. The van der Waals surface area contributed by atoms with Crippen LogP contribution in [-0.2, 0) is 16.6 Å². The van der Waals surface area contributed by atoms with Gasteiger partial charge >= 0.3 is 0 Å². The molecule has 6 nitrogen and oxygen atoms in total. The second-order valence-corrected chi connectivity index (χ2v) is 10.6. The third-order valence-corrected chi connectivity index (χ3v) is 8.27. The number of piperidine rings is 1. The number of fused-ring (bicyclic) bond motifs is 1. The van der Waals surface area contributed by atoms with Gasteiger partial charge in [-0.3, -0.25) is 9.69 Å². The molecule has 5 rings (SSSR count). The van der Waals surface area contributed by atoms with Gasteiger partial charge in [0.2, 0.25) is 0 Å². The van der Waals surface area contributed by atoms with E-state index in [2.05, 4.69) is 59.8 Å². The van der Waals surface area contributed by atoms with Gasteiger partial charge in [-0.15, -0.1) is 0 Å². The highest BCUT2D eigenvalue weighted by atomic mass is 16.5. The van der Waals surface area contributed by atoms with Crippen LogP contribution >= 0.6 is 0 Å². The normalized spacial score (nSPS) is 17.9. The second-order valence-electron chi connectivity index (χ2n) is 10.6. The third kappa shape index (κ3) is 4.42. The van der Waals surface area contributed by atoms with E-state index in [4.69, 9.17) is 4.74 Å². The molecule has 2 saturated heterocycles. The van der Waals surface area contributed by atoms with Crippen molar-refractivity contribution in [1.29, 1.82) is 5.26 Å². The highest BCUT2D eigenvalue weighted by molar-refractivity contribution is 6.00. The van der Waals surface area contributed by atoms with Crippen LogP contribution in [0, 0.1) is 11.3 Å². The fourth-order valence-corrected chi connectivity index (χ4v) is 6.01. The Morgan fingerprint density at radius 1 is 1.11 bits per heavy atom. The molecule has 0 aliphatic carbocycles. The summed E-state index contributed by atoms with van der Waals surface area (Å²) < 4.78 is 5.55. The zero-order chi connectivity index (χ0) is 25.3. The number of anilines is 1. The molecule has 6 heteroatoms. The molecule has 0 unspecified atom stereocenters. The summed E-state index contributed by atoms with van der Waals surface area (Å²) in [5.41, 5.74) is 6.44. The fourth-order valence-electron chi connectivity index (χ4n) is 6.01. The molecule has 0 atom stereocenters. The van der Waals surface area contributed by atoms with Crippen molar-refractivity contribution in [3.8, 4) is 6.07 Å². The monoisotopic (exact) mass is 484 g/mol. The van der Waals surface area contributed by atoms with Gasteiger partial charge in [-0.2, -0.15) is 5.26 Å². The molecular formula is C30H36N4O2. The first-order valence-corrected chi connectivity index (χ1v) is 13.2. The maximum absolute atomic E-state index is 12.2. The van der Waals surface area contributed by atoms with Crippen molar-refractivity contribution in [3.05, 3.63) is 64.3 Å². The van der Waals surface area contributed by atoms with Crippen molar-refractivity contribution >= 4 is 22.9 Å². The van der Waals surface area contributed by atoms with Gasteiger partial charge in [-0.25, -0.2) is 0 Å². The van der Waals surface area contributed by atoms with Crippen LogP contribution in [-0.4, -0.2) is 61.6 Å². The lowest BCUT2D eigenvalue weighted by Gasteiger charge is -2.41. The molecular weight excluding hydrogens is 448 g/mol. The van der Waals surface area contributed by atoms with Gasteiger partial charge in [-0.1, -0.05) is 39.0 Å². The average molecular weight is 485 g/mol. The van der Waals surface area contributed by atoms with Crippen LogP contribution in [0.15, 0.2) is 36.4 Å². The molecule has 0 bridgehead atoms. The van der Waals surface area contributed by atoms with Gasteiger partial charge in [0.1, 0.15) is 0 Å². The zero-order valence-electron chi connectivity index (χ0n) is 21.6. The number of rotatable bonds is 6. The van der Waals surface area contributed by atoms with E-state index in [1.807, 2.05) is 12.1 Å². The number of nitrogens with zero attached hydrogens (tertiary/aromatic N) is 3. The number of morpholine rings is 1. The Labute approximate surface area is 213 Å². The Kier molecular flexibility index (Phi) is 6.87. The minimum absolute atomic E-state index is 0.408. The van der Waals surface area contributed by atoms with Crippen LogP contribution in [0.2, 0.25) is 0 Å². The van der Waals surface area contributed by atoms with Gasteiger partial charge in [0.05, 0.1) is 24.8 Å². The SMILES string of the molecule is CCc1ccc(C(C)(C)c2[nH]c3cc(C#N)ccc3c2C=O)cc1N1CCC(N2CCOCC2)CC1. The summed E-state index contributed by atoms with van der Waals surface area (Å²) >= 11 is 0. The highest BCUT2D eigenvalue weighted by Gasteiger charge is 2.31. The number of nitrogens with one attached hydrogen (secondary N) is 1. The molecule has 2 fully saturated rings. The maximum Gasteiger partial charge on any atom is 0.152 e. The Morgan fingerprint density at radius 3 is 2.53 bits per heavy atom. The second kappa shape index (κ2) is 10.1. The number of ether oxygens (including phenoxy) is 1. The number of benzene rings is 2. The summed E-state index contributed by atoms with van der Waals surface area (Å²) in [6.45, 7) is 12.5. The molecule has 36 heavy (non-hydrogen) atoms. The van der Waals surface area contributed by atoms with Gasteiger partial charge in [0, 0.05) is 65.5 Å². The van der Waals surface area contributed by atoms with Crippen molar-refractivity contribution in [2.24, 2.45) is 0 Å². The Balaban J connectivity index is 1.45. The molecule has 1 aromatic heterocycles. The number of carbonyl (C=O) groups excluding carboxylic acids is 1. The molecule has 0 spiro atoms. The van der Waals surface area contributed by atoms with Gasteiger partial charge in [0.15, 0.2) is 6.29 Å². The number of aromatic nitrogens is 1. The van der Waals surface area contributed by atoms with Crippen LogP contribution in [0.4, 0.5) is 5.69 Å². The maximum atomic E-state index is 12.2. The Hall–Kier alpha value is -3.14. The lowest BCUT2D eigenvalue weighted by atomic mass is 9.79. The number of hydrogen-bond donors (Lipinski definition) is 1. The van der Waals surface area contributed by atoms with Gasteiger partial charge in [0.25, 0.3) is 0 Å². The number of aryl methyl sites for hydroxylation is 1. The van der Waals surface area contributed by atoms with Crippen molar-refractivity contribution in [2.75, 3.05) is 44.3 Å². The number of aromatic amines is 1. The van der Waals surface area contributed by atoms with Crippen LogP contribution in [0.3, 0.4) is 0 Å². The third-order valence-electron chi connectivity index (χ3n) is 8.27. The number of H-pyrrole nitrogens is 1. The summed E-state index contributed by atoms with van der Waals surface area (Å²) in [4.78, 5) is 20.9. The summed E-state index contributed by atoms with van der Waals surface area (Å²) in [5.74, 6) is 0. The molecule has 0 amide bonds. The van der Waals surface area contributed by atoms with Crippen LogP contribution in [0.5, 0.6) is 0 Å². The minimum atomic E-state index is -0.408. The molecule has 0 radical (unpaired) electrons. The van der Waals surface area contributed by atoms with E-state index in [0.29, 0.717) is 17.2 Å². The molecule has 0 saturated carbocycles. The summed E-state index contributed by atoms with van der Waals surface area (Å²) in [6.07, 6.45) is 4.28. The Morgan fingerprint density at radius 2 is 1.86 bits per heavy atom. The minimum Gasteiger partial charge on any atom is -0.379 e. The standard InChI is InChI=1S/C30H36N4O2/c1-4-22-6-7-23(18-28(22)34-11-9-24(10-12-34)33-13-15-36-16-14-33)30(2,3)29-26(20-35)25-8-5-21(19-31)17-27(25)32-29/h5-8,17-18,20,24,32H,4,9-16H2,1-3H3. The quantitative estimate of drug-likeness (QED) is 0.496. The number of aldehydes is 1. The van der Waals surface area contributed by atoms with Crippen molar-refractivity contribution in [2.45, 2.75) is 51.5 Å². The molecule has 2 aromatic carbocycles. The van der Waals surface area contributed by atoms with Crippen molar-refractivity contribution in [1.82, 2.24) is 9.88 Å². The number of nitriles is 1.